The molecule has 0 bridgehead atoms. The highest BCUT2D eigenvalue weighted by molar-refractivity contribution is 7.25. The molecule has 0 aromatic carbocycles. The smallest absolute Gasteiger partial charge is 0.235 e. The second-order valence-electron chi connectivity index (χ2n) is 6.20. The number of hydrogen-bond donors (Lipinski definition) is 0. The van der Waals surface area contributed by atoms with Gasteiger partial charge in [0, 0.05) is 18.5 Å². The number of rotatable bonds is 3. The van der Waals surface area contributed by atoms with Crippen LogP contribution in [0.2, 0.25) is 0 Å². The lowest BCUT2D eigenvalue weighted by molar-refractivity contribution is 0.122. The predicted molar refractivity (Wildman–Crippen MR) is 96.2 cm³/mol. The van der Waals surface area contributed by atoms with Crippen molar-refractivity contribution < 1.29 is 9.47 Å². The Balaban J connectivity index is 1.87. The molecule has 0 radical (unpaired) electrons. The molecule has 6 nitrogen and oxygen atoms in total. The number of fused-ring (bicyclic) bond motifs is 3. The van der Waals surface area contributed by atoms with Crippen LogP contribution in [0.5, 0.6) is 5.88 Å². The Morgan fingerprint density at radius 3 is 2.79 bits per heavy atom. The third-order valence-corrected chi connectivity index (χ3v) is 5.12. The Morgan fingerprint density at radius 1 is 1.25 bits per heavy atom. The fraction of sp³-hybridized carbons (Fsp3) is 0.471. The van der Waals surface area contributed by atoms with Gasteiger partial charge in [0.15, 0.2) is 0 Å². The van der Waals surface area contributed by atoms with Gasteiger partial charge >= 0.3 is 0 Å². The van der Waals surface area contributed by atoms with E-state index in [2.05, 4.69) is 27.9 Å². The van der Waals surface area contributed by atoms with E-state index in [0.717, 1.165) is 52.6 Å². The Hall–Kier alpha value is -1.99. The molecule has 3 aromatic heterocycles. The van der Waals surface area contributed by atoms with Crippen LogP contribution in [0.25, 0.3) is 20.4 Å². The summed E-state index contributed by atoms with van der Waals surface area (Å²) in [5, 5.41) is 1.10. The van der Waals surface area contributed by atoms with Gasteiger partial charge in [0.05, 0.1) is 24.8 Å². The Kier molecular flexibility index (Phi) is 3.97. The molecule has 0 spiro atoms. The maximum absolute atomic E-state index is 5.85. The van der Waals surface area contributed by atoms with Gasteiger partial charge in [-0.2, -0.15) is 0 Å². The van der Waals surface area contributed by atoms with Crippen LogP contribution < -0.4 is 9.64 Å². The average molecular weight is 344 g/mol. The lowest BCUT2D eigenvalue weighted by Gasteiger charge is -2.28. The highest BCUT2D eigenvalue weighted by Crippen LogP contribution is 2.39. The summed E-state index contributed by atoms with van der Waals surface area (Å²) < 4.78 is 12.3. The monoisotopic (exact) mass is 344 g/mol. The van der Waals surface area contributed by atoms with Crippen molar-refractivity contribution in [1.29, 1.82) is 0 Å². The molecule has 24 heavy (non-hydrogen) atoms. The molecule has 0 N–H and O–H groups in total. The maximum atomic E-state index is 5.85. The van der Waals surface area contributed by atoms with Gasteiger partial charge in [0.25, 0.3) is 0 Å². The van der Waals surface area contributed by atoms with Crippen molar-refractivity contribution >= 4 is 37.6 Å². The molecular formula is C17H20N4O2S. The van der Waals surface area contributed by atoms with Gasteiger partial charge in [-0.3, -0.25) is 0 Å². The van der Waals surface area contributed by atoms with Gasteiger partial charge < -0.3 is 14.4 Å². The number of thiophene rings is 1. The van der Waals surface area contributed by atoms with Crippen molar-refractivity contribution in [1.82, 2.24) is 15.0 Å². The van der Waals surface area contributed by atoms with Gasteiger partial charge in [-0.1, -0.05) is 0 Å². The zero-order valence-electron chi connectivity index (χ0n) is 14.1. The highest BCUT2D eigenvalue weighted by Gasteiger charge is 2.19. The first-order valence-corrected chi connectivity index (χ1v) is 8.99. The number of aromatic nitrogens is 3. The van der Waals surface area contributed by atoms with E-state index in [0.29, 0.717) is 5.88 Å². The molecule has 0 unspecified atom stereocenters. The molecule has 0 saturated carbocycles. The summed E-state index contributed by atoms with van der Waals surface area (Å²) in [5.41, 5.74) is 2.11. The van der Waals surface area contributed by atoms with Crippen LogP contribution in [0.4, 0.5) is 5.82 Å². The van der Waals surface area contributed by atoms with E-state index in [1.54, 1.807) is 17.7 Å². The quantitative estimate of drug-likeness (QED) is 0.727. The minimum absolute atomic E-state index is 0.0753. The number of pyridine rings is 1. The standard InChI is InChI=1S/C17H20N4O2S/c1-10(2)23-16-15-14(18-9-19-16)13-11(3)8-12(20-17(13)24-15)21-4-6-22-7-5-21/h8-10H,4-7H2,1-3H3. The molecule has 1 fully saturated rings. The normalized spacial score (nSPS) is 15.6. The average Bonchev–Trinajstić information content (AvgIpc) is 2.95. The Morgan fingerprint density at radius 2 is 2.04 bits per heavy atom. The number of morpholine rings is 1. The summed E-state index contributed by atoms with van der Waals surface area (Å²) in [6.07, 6.45) is 1.65. The molecule has 4 heterocycles. The van der Waals surface area contributed by atoms with E-state index in [1.807, 2.05) is 13.8 Å². The zero-order valence-corrected chi connectivity index (χ0v) is 14.9. The van der Waals surface area contributed by atoms with Crippen LogP contribution >= 0.6 is 11.3 Å². The molecule has 4 rings (SSSR count). The van der Waals surface area contributed by atoms with Crippen LogP contribution in [-0.2, 0) is 4.74 Å². The number of aryl methyl sites for hydroxylation is 1. The summed E-state index contributed by atoms with van der Waals surface area (Å²) in [6, 6.07) is 2.14. The second kappa shape index (κ2) is 6.14. The predicted octanol–water partition coefficient (Wildman–Crippen LogP) is 3.17. The van der Waals surface area contributed by atoms with E-state index in [1.165, 1.54) is 5.56 Å². The van der Waals surface area contributed by atoms with Crippen molar-refractivity contribution in [3.8, 4) is 5.88 Å². The number of ether oxygens (including phenoxy) is 2. The van der Waals surface area contributed by atoms with E-state index < -0.39 is 0 Å². The molecule has 3 aromatic rings. The number of hydrogen-bond acceptors (Lipinski definition) is 7. The summed E-state index contributed by atoms with van der Waals surface area (Å²) in [5.74, 6) is 1.65. The molecule has 7 heteroatoms. The van der Waals surface area contributed by atoms with Crippen LogP contribution in [0, 0.1) is 6.92 Å². The maximum Gasteiger partial charge on any atom is 0.235 e. The van der Waals surface area contributed by atoms with Gasteiger partial charge in [-0.25, -0.2) is 15.0 Å². The molecule has 1 aliphatic heterocycles. The lowest BCUT2D eigenvalue weighted by atomic mass is 10.2. The van der Waals surface area contributed by atoms with Crippen LogP contribution in [0.3, 0.4) is 0 Å². The van der Waals surface area contributed by atoms with Crippen molar-refractivity contribution in [2.45, 2.75) is 26.9 Å². The molecule has 126 valence electrons. The van der Waals surface area contributed by atoms with Crippen LogP contribution in [0.15, 0.2) is 12.4 Å². The third-order valence-electron chi connectivity index (χ3n) is 4.06. The first-order valence-electron chi connectivity index (χ1n) is 8.17. The summed E-state index contributed by atoms with van der Waals surface area (Å²) >= 11 is 1.60. The van der Waals surface area contributed by atoms with Crippen molar-refractivity contribution in [3.05, 3.63) is 18.0 Å². The van der Waals surface area contributed by atoms with E-state index in [4.69, 9.17) is 14.5 Å². The van der Waals surface area contributed by atoms with Crippen molar-refractivity contribution in [2.75, 3.05) is 31.2 Å². The van der Waals surface area contributed by atoms with Gasteiger partial charge in [0.1, 0.15) is 21.7 Å². The Bertz CT molecular complexity index is 887. The number of anilines is 1. The molecule has 0 atom stereocenters. The van der Waals surface area contributed by atoms with Gasteiger partial charge in [-0.15, -0.1) is 11.3 Å². The van der Waals surface area contributed by atoms with Gasteiger partial charge in [0.2, 0.25) is 5.88 Å². The Labute approximate surface area is 144 Å². The lowest BCUT2D eigenvalue weighted by Crippen LogP contribution is -2.36. The third kappa shape index (κ3) is 2.67. The molecule has 0 aliphatic carbocycles. The first-order chi connectivity index (χ1) is 11.6. The summed E-state index contributed by atoms with van der Waals surface area (Å²) in [4.78, 5) is 16.9. The fourth-order valence-electron chi connectivity index (χ4n) is 2.97. The SMILES string of the molecule is Cc1cc(N2CCOCC2)nc2sc3c(OC(C)C)ncnc3c12. The topological polar surface area (TPSA) is 60.4 Å². The molecular weight excluding hydrogens is 324 g/mol. The molecule has 1 aliphatic rings. The fourth-order valence-corrected chi connectivity index (χ4v) is 4.11. The zero-order chi connectivity index (χ0) is 16.7. The summed E-state index contributed by atoms with van der Waals surface area (Å²) in [7, 11) is 0. The van der Waals surface area contributed by atoms with Gasteiger partial charge in [-0.05, 0) is 32.4 Å². The van der Waals surface area contributed by atoms with Crippen molar-refractivity contribution in [2.24, 2.45) is 0 Å². The van der Waals surface area contributed by atoms with E-state index in [9.17, 15) is 0 Å². The minimum atomic E-state index is 0.0753. The molecule has 1 saturated heterocycles. The number of nitrogens with zero attached hydrogens (tertiary/aromatic N) is 4. The largest absolute Gasteiger partial charge is 0.474 e. The molecule has 0 amide bonds. The second-order valence-corrected chi connectivity index (χ2v) is 7.20. The minimum Gasteiger partial charge on any atom is -0.474 e. The van der Waals surface area contributed by atoms with Crippen LogP contribution in [0.1, 0.15) is 19.4 Å². The first kappa shape index (κ1) is 15.5. The van der Waals surface area contributed by atoms with E-state index >= 15 is 0 Å². The summed E-state index contributed by atoms with van der Waals surface area (Å²) in [6.45, 7) is 9.38. The van der Waals surface area contributed by atoms with Crippen molar-refractivity contribution in [3.63, 3.8) is 0 Å². The van der Waals surface area contributed by atoms with E-state index in [-0.39, 0.29) is 6.10 Å². The highest BCUT2D eigenvalue weighted by atomic mass is 32.1. The van der Waals surface area contributed by atoms with Crippen LogP contribution in [-0.4, -0.2) is 47.4 Å².